The monoisotopic (exact) mass is 275 g/mol. The second-order valence-electron chi connectivity index (χ2n) is 3.03. The predicted molar refractivity (Wildman–Crippen MR) is 67.8 cm³/mol. The van der Waals surface area contributed by atoms with Crippen molar-refractivity contribution in [1.82, 2.24) is 5.32 Å². The molecule has 0 bridgehead atoms. The van der Waals surface area contributed by atoms with Gasteiger partial charge in [0.15, 0.2) is 10.9 Å². The molecule has 0 aliphatic heterocycles. The highest BCUT2D eigenvalue weighted by Crippen LogP contribution is 2.17. The fourth-order valence-corrected chi connectivity index (χ4v) is 1.98. The first kappa shape index (κ1) is 14.0. The lowest BCUT2D eigenvalue weighted by molar-refractivity contribution is -0.133. The lowest BCUT2D eigenvalue weighted by Gasteiger charge is -2.01. The zero-order chi connectivity index (χ0) is 12.7. The van der Waals surface area contributed by atoms with Crippen molar-refractivity contribution in [3.05, 3.63) is 17.9 Å². The normalized spacial score (nSPS) is 10.2. The molecule has 0 saturated carbocycles. The molecule has 1 heterocycles. The number of carboxylic acid groups (broad SMARTS) is 1. The van der Waals surface area contributed by atoms with Gasteiger partial charge in [-0.05, 0) is 18.4 Å². The van der Waals surface area contributed by atoms with E-state index in [1.54, 1.807) is 12.1 Å². The van der Waals surface area contributed by atoms with Crippen LogP contribution in [0.15, 0.2) is 21.6 Å². The molecule has 0 fully saturated rings. The molecule has 0 spiro atoms. The van der Waals surface area contributed by atoms with Gasteiger partial charge in [0, 0.05) is 12.3 Å². The molecular formula is C10H13NO4S2. The largest absolute Gasteiger partial charge is 0.481 e. The Balaban J connectivity index is 2.23. The Hall–Kier alpha value is -1.08. The van der Waals surface area contributed by atoms with Crippen LogP contribution in [0.1, 0.15) is 10.6 Å². The number of carbonyl (C=O) groups is 2. The van der Waals surface area contributed by atoms with Crippen LogP contribution in [-0.4, -0.2) is 41.3 Å². The molecule has 1 rings (SSSR count). The lowest BCUT2D eigenvalue weighted by atomic mass is 10.4. The Labute approximate surface area is 107 Å². The number of carboxylic acids is 1. The van der Waals surface area contributed by atoms with Crippen molar-refractivity contribution < 1.29 is 19.1 Å². The average Bonchev–Trinajstić information content (AvgIpc) is 2.76. The van der Waals surface area contributed by atoms with Gasteiger partial charge in [-0.15, -0.1) is 11.8 Å². The van der Waals surface area contributed by atoms with E-state index in [4.69, 9.17) is 9.52 Å². The van der Waals surface area contributed by atoms with Gasteiger partial charge in [0.05, 0.1) is 5.75 Å². The predicted octanol–water partition coefficient (Wildman–Crippen LogP) is 1.55. The zero-order valence-corrected chi connectivity index (χ0v) is 10.9. The van der Waals surface area contributed by atoms with Crippen molar-refractivity contribution in [1.29, 1.82) is 0 Å². The van der Waals surface area contributed by atoms with Crippen LogP contribution in [-0.2, 0) is 4.79 Å². The second-order valence-corrected chi connectivity index (χ2v) is 4.94. The van der Waals surface area contributed by atoms with E-state index in [1.165, 1.54) is 23.5 Å². The van der Waals surface area contributed by atoms with Gasteiger partial charge in [-0.1, -0.05) is 11.8 Å². The Morgan fingerprint density at radius 1 is 1.47 bits per heavy atom. The van der Waals surface area contributed by atoms with Crippen molar-refractivity contribution in [2.24, 2.45) is 0 Å². The van der Waals surface area contributed by atoms with Crippen LogP contribution in [0.5, 0.6) is 0 Å². The topological polar surface area (TPSA) is 79.5 Å². The fourth-order valence-electron chi connectivity index (χ4n) is 1.04. The van der Waals surface area contributed by atoms with Crippen LogP contribution >= 0.6 is 23.5 Å². The first-order valence-corrected chi connectivity index (χ1v) is 7.23. The Morgan fingerprint density at radius 2 is 2.24 bits per heavy atom. The van der Waals surface area contributed by atoms with Crippen LogP contribution in [0.2, 0.25) is 0 Å². The lowest BCUT2D eigenvalue weighted by Crippen LogP contribution is -2.25. The van der Waals surface area contributed by atoms with E-state index in [0.717, 1.165) is 0 Å². The third-order valence-corrected chi connectivity index (χ3v) is 3.33. The van der Waals surface area contributed by atoms with Gasteiger partial charge in [-0.3, -0.25) is 9.59 Å². The molecule has 0 aliphatic carbocycles. The smallest absolute Gasteiger partial charge is 0.313 e. The third kappa shape index (κ3) is 5.18. The molecule has 94 valence electrons. The van der Waals surface area contributed by atoms with Gasteiger partial charge in [0.1, 0.15) is 0 Å². The number of thioether (sulfide) groups is 2. The summed E-state index contributed by atoms with van der Waals surface area (Å²) >= 11 is 2.69. The number of rotatable bonds is 7. The maximum Gasteiger partial charge on any atom is 0.313 e. The summed E-state index contributed by atoms with van der Waals surface area (Å²) in [5.41, 5.74) is 0. The van der Waals surface area contributed by atoms with Gasteiger partial charge < -0.3 is 14.8 Å². The summed E-state index contributed by atoms with van der Waals surface area (Å²) in [5.74, 6) is -0.239. The fraction of sp³-hybridized carbons (Fsp3) is 0.400. The third-order valence-electron chi connectivity index (χ3n) is 1.76. The summed E-state index contributed by atoms with van der Waals surface area (Å²) in [6.07, 6.45) is 1.86. The van der Waals surface area contributed by atoms with E-state index in [-0.39, 0.29) is 17.4 Å². The number of nitrogens with one attached hydrogen (secondary N) is 1. The van der Waals surface area contributed by atoms with Gasteiger partial charge in [-0.2, -0.15) is 0 Å². The summed E-state index contributed by atoms with van der Waals surface area (Å²) in [7, 11) is 0. The quantitative estimate of drug-likeness (QED) is 0.580. The summed E-state index contributed by atoms with van der Waals surface area (Å²) in [5, 5.41) is 11.7. The minimum absolute atomic E-state index is 0.0489. The molecule has 17 heavy (non-hydrogen) atoms. The van der Waals surface area contributed by atoms with E-state index >= 15 is 0 Å². The Morgan fingerprint density at radius 3 is 2.82 bits per heavy atom. The number of aliphatic carboxylic acids is 1. The molecule has 0 atom stereocenters. The molecule has 1 amide bonds. The second kappa shape index (κ2) is 7.29. The van der Waals surface area contributed by atoms with E-state index in [2.05, 4.69) is 5.32 Å². The first-order valence-electron chi connectivity index (χ1n) is 4.85. The van der Waals surface area contributed by atoms with Gasteiger partial charge in [-0.25, -0.2) is 0 Å². The van der Waals surface area contributed by atoms with E-state index in [0.29, 0.717) is 17.4 Å². The molecule has 0 unspecified atom stereocenters. The van der Waals surface area contributed by atoms with Crippen molar-refractivity contribution in [2.75, 3.05) is 24.3 Å². The molecular weight excluding hydrogens is 262 g/mol. The summed E-state index contributed by atoms with van der Waals surface area (Å²) in [4.78, 5) is 21.8. The van der Waals surface area contributed by atoms with Gasteiger partial charge in [0.2, 0.25) is 0 Å². The van der Waals surface area contributed by atoms with E-state index < -0.39 is 5.97 Å². The SMILES string of the molecule is CSc1ccc(C(=O)NCCSCC(=O)O)o1. The maximum atomic E-state index is 11.5. The molecule has 0 aromatic carbocycles. The minimum atomic E-state index is -0.850. The molecule has 0 aliphatic rings. The van der Waals surface area contributed by atoms with Crippen molar-refractivity contribution in [2.45, 2.75) is 5.09 Å². The first-order chi connectivity index (χ1) is 8.13. The highest BCUT2D eigenvalue weighted by Gasteiger charge is 2.09. The van der Waals surface area contributed by atoms with E-state index in [9.17, 15) is 9.59 Å². The Bertz CT molecular complexity index is 391. The van der Waals surface area contributed by atoms with E-state index in [1.807, 2.05) is 6.26 Å². The number of furan rings is 1. The highest BCUT2D eigenvalue weighted by molar-refractivity contribution is 7.99. The summed E-state index contributed by atoms with van der Waals surface area (Å²) in [6.45, 7) is 0.423. The Kier molecular flexibility index (Phi) is 5.99. The molecule has 7 heteroatoms. The number of carbonyl (C=O) groups excluding carboxylic acids is 1. The number of hydrogen-bond acceptors (Lipinski definition) is 5. The highest BCUT2D eigenvalue weighted by atomic mass is 32.2. The summed E-state index contributed by atoms with van der Waals surface area (Å²) in [6, 6.07) is 3.35. The van der Waals surface area contributed by atoms with Crippen molar-refractivity contribution in [3.8, 4) is 0 Å². The van der Waals surface area contributed by atoms with Crippen LogP contribution < -0.4 is 5.32 Å². The standard InChI is InChI=1S/C10H13NO4S2/c1-16-9-3-2-7(15-9)10(14)11-4-5-17-6-8(12)13/h2-3H,4-6H2,1H3,(H,11,14)(H,12,13). The minimum Gasteiger partial charge on any atom is -0.481 e. The summed E-state index contributed by atoms with van der Waals surface area (Å²) < 4.78 is 5.24. The van der Waals surface area contributed by atoms with Crippen LogP contribution in [0.3, 0.4) is 0 Å². The van der Waals surface area contributed by atoms with Crippen LogP contribution in [0, 0.1) is 0 Å². The van der Waals surface area contributed by atoms with Gasteiger partial charge in [0.25, 0.3) is 5.91 Å². The number of amides is 1. The molecule has 2 N–H and O–H groups in total. The van der Waals surface area contributed by atoms with Crippen LogP contribution in [0.25, 0.3) is 0 Å². The molecule has 5 nitrogen and oxygen atoms in total. The molecule has 0 radical (unpaired) electrons. The molecule has 1 aromatic rings. The average molecular weight is 275 g/mol. The maximum absolute atomic E-state index is 11.5. The van der Waals surface area contributed by atoms with Crippen molar-refractivity contribution >= 4 is 35.4 Å². The molecule has 1 aromatic heterocycles. The van der Waals surface area contributed by atoms with Gasteiger partial charge >= 0.3 is 5.97 Å². The van der Waals surface area contributed by atoms with Crippen LogP contribution in [0.4, 0.5) is 0 Å². The van der Waals surface area contributed by atoms with Crippen molar-refractivity contribution in [3.63, 3.8) is 0 Å². The molecule has 0 saturated heterocycles. The number of hydrogen-bond donors (Lipinski definition) is 2. The zero-order valence-electron chi connectivity index (χ0n) is 9.26.